The molecule has 6 nitrogen and oxygen atoms in total. The summed E-state index contributed by atoms with van der Waals surface area (Å²) in [6.45, 7) is 4.03. The highest BCUT2D eigenvalue weighted by molar-refractivity contribution is 7.89. The lowest BCUT2D eigenvalue weighted by atomic mass is 10.2. The van der Waals surface area contributed by atoms with Crippen LogP contribution in [0.5, 0.6) is 0 Å². The summed E-state index contributed by atoms with van der Waals surface area (Å²) in [5.41, 5.74) is 1.08. The second-order valence-corrected chi connectivity index (χ2v) is 8.65. The zero-order chi connectivity index (χ0) is 17.2. The first-order valence-electron chi connectivity index (χ1n) is 7.44. The summed E-state index contributed by atoms with van der Waals surface area (Å²) in [6.07, 6.45) is 1.58. The number of hydrogen-bond donors (Lipinski definition) is 1. The molecule has 0 amide bonds. The van der Waals surface area contributed by atoms with E-state index >= 15 is 0 Å². The first-order valence-corrected chi connectivity index (χ1v) is 9.68. The van der Waals surface area contributed by atoms with Gasteiger partial charge in [-0.15, -0.1) is 0 Å². The third-order valence-electron chi connectivity index (χ3n) is 4.73. The Morgan fingerprint density at radius 1 is 1.21 bits per heavy atom. The summed E-state index contributed by atoms with van der Waals surface area (Å²) in [5, 5.41) is 5.05. The number of benzene rings is 1. The molecule has 1 aliphatic carbocycles. The zero-order valence-electron chi connectivity index (χ0n) is 12.9. The molecule has 1 fully saturated rings. The predicted molar refractivity (Wildman–Crippen MR) is 93.0 cm³/mol. The average Bonchev–Trinajstić information content (AvgIpc) is 2.91. The molecule has 2 aromatic heterocycles. The van der Waals surface area contributed by atoms with Gasteiger partial charge in [-0.05, 0) is 24.0 Å². The fourth-order valence-corrected chi connectivity index (χ4v) is 5.00. The SMILES string of the molecule is CC1C(C)C1NS(=O)(=O)c1cc(Cl)c2c(c1)c(Cl)nc1ccnn12. The normalized spacial score (nSPS) is 23.9. The molecule has 0 radical (unpaired) electrons. The van der Waals surface area contributed by atoms with Crippen molar-refractivity contribution in [3.8, 4) is 0 Å². The van der Waals surface area contributed by atoms with Crippen LogP contribution in [0.2, 0.25) is 10.2 Å². The molecular formula is C15H14Cl2N4O2S. The van der Waals surface area contributed by atoms with Gasteiger partial charge in [0, 0.05) is 17.5 Å². The molecule has 4 rings (SSSR count). The van der Waals surface area contributed by atoms with E-state index in [-0.39, 0.29) is 21.1 Å². The average molecular weight is 385 g/mol. The number of nitrogens with one attached hydrogen (secondary N) is 1. The Labute approximate surface area is 148 Å². The highest BCUT2D eigenvalue weighted by Crippen LogP contribution is 2.39. The van der Waals surface area contributed by atoms with E-state index in [9.17, 15) is 8.42 Å². The molecule has 0 saturated heterocycles. The van der Waals surface area contributed by atoms with Gasteiger partial charge in [0.05, 0.1) is 21.6 Å². The Balaban J connectivity index is 1.89. The van der Waals surface area contributed by atoms with Crippen LogP contribution in [0.25, 0.3) is 16.6 Å². The van der Waals surface area contributed by atoms with E-state index in [4.69, 9.17) is 23.2 Å². The number of rotatable bonds is 3. The van der Waals surface area contributed by atoms with Crippen LogP contribution in [0.1, 0.15) is 13.8 Å². The maximum Gasteiger partial charge on any atom is 0.240 e. The summed E-state index contributed by atoms with van der Waals surface area (Å²) in [4.78, 5) is 4.29. The van der Waals surface area contributed by atoms with Crippen molar-refractivity contribution in [1.82, 2.24) is 19.3 Å². The number of halogens is 2. The molecule has 0 aliphatic heterocycles. The van der Waals surface area contributed by atoms with Gasteiger partial charge >= 0.3 is 0 Å². The second kappa shape index (κ2) is 5.29. The van der Waals surface area contributed by atoms with Gasteiger partial charge in [0.25, 0.3) is 0 Å². The molecule has 126 valence electrons. The van der Waals surface area contributed by atoms with E-state index in [1.807, 2.05) is 13.8 Å². The van der Waals surface area contributed by atoms with Crippen LogP contribution in [0.15, 0.2) is 29.3 Å². The minimum atomic E-state index is -3.68. The smallest absolute Gasteiger partial charge is 0.216 e. The maximum absolute atomic E-state index is 12.6. The number of aromatic nitrogens is 3. The fraction of sp³-hybridized carbons (Fsp3) is 0.333. The van der Waals surface area contributed by atoms with Crippen molar-refractivity contribution in [1.29, 1.82) is 0 Å². The van der Waals surface area contributed by atoms with Crippen molar-refractivity contribution >= 4 is 49.8 Å². The molecule has 1 aliphatic rings. The van der Waals surface area contributed by atoms with Gasteiger partial charge in [-0.3, -0.25) is 0 Å². The monoisotopic (exact) mass is 384 g/mol. The van der Waals surface area contributed by atoms with E-state index in [0.29, 0.717) is 28.4 Å². The molecule has 1 aromatic carbocycles. The second-order valence-electron chi connectivity index (χ2n) is 6.17. The number of fused-ring (bicyclic) bond motifs is 3. The standard InChI is InChI=1S/C15H14Cl2N4O2S/c1-7-8(2)13(7)20-24(22,23)9-5-10-14(11(16)6-9)21-12(3-4-18-21)19-15(10)17/h3-8,13,20H,1-2H3. The van der Waals surface area contributed by atoms with Crippen LogP contribution >= 0.6 is 23.2 Å². The Morgan fingerprint density at radius 3 is 2.58 bits per heavy atom. The lowest BCUT2D eigenvalue weighted by Crippen LogP contribution is -2.27. The third-order valence-corrected chi connectivity index (χ3v) is 6.74. The highest BCUT2D eigenvalue weighted by Gasteiger charge is 2.45. The highest BCUT2D eigenvalue weighted by atomic mass is 35.5. The largest absolute Gasteiger partial charge is 0.240 e. The van der Waals surface area contributed by atoms with E-state index in [2.05, 4.69) is 14.8 Å². The topological polar surface area (TPSA) is 76.4 Å². The summed E-state index contributed by atoms with van der Waals surface area (Å²) in [6, 6.07) is 4.55. The van der Waals surface area contributed by atoms with Crippen LogP contribution in [-0.2, 0) is 10.0 Å². The fourth-order valence-electron chi connectivity index (χ4n) is 2.94. The van der Waals surface area contributed by atoms with Crippen LogP contribution in [0.3, 0.4) is 0 Å². The summed E-state index contributed by atoms with van der Waals surface area (Å²) < 4.78 is 29.5. The van der Waals surface area contributed by atoms with Crippen LogP contribution in [-0.4, -0.2) is 29.1 Å². The Bertz CT molecular complexity index is 1070. The lowest BCUT2D eigenvalue weighted by Gasteiger charge is -2.10. The van der Waals surface area contributed by atoms with Gasteiger partial charge in [0.15, 0.2) is 5.65 Å². The predicted octanol–water partition coefficient (Wildman–Crippen LogP) is 3.12. The Kier molecular flexibility index (Phi) is 3.55. The minimum Gasteiger partial charge on any atom is -0.216 e. The molecule has 0 bridgehead atoms. The molecule has 2 unspecified atom stereocenters. The van der Waals surface area contributed by atoms with Crippen molar-refractivity contribution in [2.24, 2.45) is 11.8 Å². The van der Waals surface area contributed by atoms with Gasteiger partial charge in [-0.25, -0.2) is 22.6 Å². The molecule has 1 N–H and O–H groups in total. The number of nitrogens with zero attached hydrogens (tertiary/aromatic N) is 3. The van der Waals surface area contributed by atoms with Crippen molar-refractivity contribution in [3.63, 3.8) is 0 Å². The van der Waals surface area contributed by atoms with Crippen molar-refractivity contribution in [3.05, 3.63) is 34.6 Å². The van der Waals surface area contributed by atoms with Crippen LogP contribution in [0.4, 0.5) is 0 Å². The number of sulfonamides is 1. The molecule has 9 heteroatoms. The van der Waals surface area contributed by atoms with Gasteiger partial charge in [0.1, 0.15) is 5.15 Å². The molecule has 2 heterocycles. The van der Waals surface area contributed by atoms with Gasteiger partial charge in [-0.2, -0.15) is 5.10 Å². The van der Waals surface area contributed by atoms with E-state index < -0.39 is 10.0 Å². The van der Waals surface area contributed by atoms with Gasteiger partial charge < -0.3 is 0 Å². The lowest BCUT2D eigenvalue weighted by molar-refractivity contribution is 0.577. The van der Waals surface area contributed by atoms with Gasteiger partial charge in [-0.1, -0.05) is 37.0 Å². The van der Waals surface area contributed by atoms with Crippen molar-refractivity contribution < 1.29 is 8.42 Å². The minimum absolute atomic E-state index is 0.0494. The maximum atomic E-state index is 12.6. The Hall–Kier alpha value is -1.41. The Morgan fingerprint density at radius 2 is 1.92 bits per heavy atom. The van der Waals surface area contributed by atoms with E-state index in [0.717, 1.165) is 0 Å². The zero-order valence-corrected chi connectivity index (χ0v) is 15.2. The van der Waals surface area contributed by atoms with Crippen molar-refractivity contribution in [2.75, 3.05) is 0 Å². The van der Waals surface area contributed by atoms with Gasteiger partial charge in [0.2, 0.25) is 10.0 Å². The summed E-state index contributed by atoms with van der Waals surface area (Å²) >= 11 is 12.6. The summed E-state index contributed by atoms with van der Waals surface area (Å²) in [5.74, 6) is 0.648. The first-order chi connectivity index (χ1) is 11.3. The molecule has 0 spiro atoms. The van der Waals surface area contributed by atoms with E-state index in [1.165, 1.54) is 12.1 Å². The molecule has 24 heavy (non-hydrogen) atoms. The molecule has 1 saturated carbocycles. The van der Waals surface area contributed by atoms with E-state index in [1.54, 1.807) is 16.8 Å². The third kappa shape index (κ3) is 2.38. The molecular weight excluding hydrogens is 371 g/mol. The van der Waals surface area contributed by atoms with Crippen LogP contribution in [0, 0.1) is 11.8 Å². The molecule has 3 aromatic rings. The quantitative estimate of drug-likeness (QED) is 0.703. The summed E-state index contributed by atoms with van der Waals surface area (Å²) in [7, 11) is -3.68. The van der Waals surface area contributed by atoms with Crippen LogP contribution < -0.4 is 4.72 Å². The molecule has 2 atom stereocenters. The first kappa shape index (κ1) is 16.1. The number of hydrogen-bond acceptors (Lipinski definition) is 4. The van der Waals surface area contributed by atoms with Crippen molar-refractivity contribution in [2.45, 2.75) is 24.8 Å².